The fraction of sp³-hybridized carbons (Fsp3) is 0.160. The monoisotopic (exact) mass is 449 g/mol. The zero-order valence-electron chi connectivity index (χ0n) is 17.6. The number of halogens is 2. The van der Waals surface area contributed by atoms with E-state index in [1.807, 2.05) is 0 Å². The van der Waals surface area contributed by atoms with Crippen LogP contribution in [-0.4, -0.2) is 24.3 Å². The molecule has 0 aliphatic carbocycles. The van der Waals surface area contributed by atoms with E-state index in [1.165, 1.54) is 35.2 Å². The summed E-state index contributed by atoms with van der Waals surface area (Å²) in [4.78, 5) is 39.2. The third kappa shape index (κ3) is 5.06. The second-order valence-corrected chi connectivity index (χ2v) is 7.70. The van der Waals surface area contributed by atoms with E-state index in [9.17, 15) is 23.2 Å². The van der Waals surface area contributed by atoms with Gasteiger partial charge in [-0.25, -0.2) is 8.78 Å². The number of nitrogens with one attached hydrogen (secondary N) is 2. The summed E-state index contributed by atoms with van der Waals surface area (Å²) < 4.78 is 27.1. The van der Waals surface area contributed by atoms with Crippen LogP contribution in [0, 0.1) is 17.6 Å². The number of rotatable bonds is 6. The molecular formula is C25H21F2N3O3. The third-order valence-corrected chi connectivity index (χ3v) is 5.43. The molecule has 3 amide bonds. The van der Waals surface area contributed by atoms with E-state index < -0.39 is 23.5 Å². The lowest BCUT2D eigenvalue weighted by Crippen LogP contribution is -2.30. The van der Waals surface area contributed by atoms with Crippen LogP contribution in [0.5, 0.6) is 0 Å². The van der Waals surface area contributed by atoms with Crippen molar-refractivity contribution < 1.29 is 23.2 Å². The maximum absolute atomic E-state index is 14.1. The molecule has 1 heterocycles. The summed E-state index contributed by atoms with van der Waals surface area (Å²) in [6.07, 6.45) is -0.0565. The minimum absolute atomic E-state index is 0.0462. The minimum Gasteiger partial charge on any atom is -0.348 e. The van der Waals surface area contributed by atoms with Gasteiger partial charge in [0.25, 0.3) is 5.91 Å². The van der Waals surface area contributed by atoms with Gasteiger partial charge >= 0.3 is 0 Å². The highest BCUT2D eigenvalue weighted by atomic mass is 19.1. The number of carbonyl (C=O) groups excluding carboxylic acids is 3. The van der Waals surface area contributed by atoms with Gasteiger partial charge in [0.2, 0.25) is 11.8 Å². The van der Waals surface area contributed by atoms with Gasteiger partial charge in [0, 0.05) is 19.5 Å². The topological polar surface area (TPSA) is 78.5 Å². The Morgan fingerprint density at radius 3 is 2.39 bits per heavy atom. The predicted octanol–water partition coefficient (Wildman–Crippen LogP) is 3.89. The Bertz CT molecular complexity index is 1200. The molecule has 168 valence electrons. The molecule has 1 aliphatic heterocycles. The normalized spacial score (nSPS) is 15.4. The van der Waals surface area contributed by atoms with E-state index in [2.05, 4.69) is 10.6 Å². The number of amides is 3. The molecule has 1 fully saturated rings. The van der Waals surface area contributed by atoms with E-state index in [0.29, 0.717) is 5.69 Å². The number of para-hydroxylation sites is 2. The van der Waals surface area contributed by atoms with Crippen molar-refractivity contribution in [2.45, 2.75) is 13.0 Å². The molecule has 33 heavy (non-hydrogen) atoms. The largest absolute Gasteiger partial charge is 0.348 e. The van der Waals surface area contributed by atoms with Gasteiger partial charge in [0.15, 0.2) is 0 Å². The van der Waals surface area contributed by atoms with Gasteiger partial charge in [-0.2, -0.15) is 0 Å². The minimum atomic E-state index is -0.688. The number of anilines is 2. The molecule has 1 saturated heterocycles. The molecule has 3 aromatic carbocycles. The van der Waals surface area contributed by atoms with Crippen molar-refractivity contribution in [3.8, 4) is 0 Å². The molecular weight excluding hydrogens is 428 g/mol. The first-order valence-electron chi connectivity index (χ1n) is 10.4. The standard InChI is InChI=1S/C25H21F2N3O3/c26-18-11-9-16(10-12-18)14-28-25(33)19-5-1-3-7-21(19)29-24(32)17-13-23(31)30(15-17)22-8-4-2-6-20(22)27/h1-12,17H,13-15H2,(H,28,33)(H,29,32)/t17-/m1/s1. The molecule has 6 nitrogen and oxygen atoms in total. The first-order valence-corrected chi connectivity index (χ1v) is 10.4. The van der Waals surface area contributed by atoms with Crippen molar-refractivity contribution in [1.82, 2.24) is 5.32 Å². The van der Waals surface area contributed by atoms with E-state index >= 15 is 0 Å². The Kier molecular flexibility index (Phi) is 6.44. The van der Waals surface area contributed by atoms with Crippen LogP contribution in [0.15, 0.2) is 72.8 Å². The van der Waals surface area contributed by atoms with Gasteiger partial charge in [-0.15, -0.1) is 0 Å². The van der Waals surface area contributed by atoms with Gasteiger partial charge in [0.05, 0.1) is 22.9 Å². The van der Waals surface area contributed by atoms with E-state index in [0.717, 1.165) is 5.56 Å². The maximum atomic E-state index is 14.1. The highest BCUT2D eigenvalue weighted by molar-refractivity contribution is 6.07. The van der Waals surface area contributed by atoms with Crippen LogP contribution in [0.1, 0.15) is 22.3 Å². The highest BCUT2D eigenvalue weighted by Gasteiger charge is 2.36. The van der Waals surface area contributed by atoms with Crippen molar-refractivity contribution in [1.29, 1.82) is 0 Å². The Morgan fingerprint density at radius 1 is 0.939 bits per heavy atom. The molecule has 1 atom stereocenters. The van der Waals surface area contributed by atoms with Gasteiger partial charge < -0.3 is 15.5 Å². The smallest absolute Gasteiger partial charge is 0.253 e. The average molecular weight is 449 g/mol. The quantitative estimate of drug-likeness (QED) is 0.600. The summed E-state index contributed by atoms with van der Waals surface area (Å²) in [5.41, 5.74) is 1.42. The second kappa shape index (κ2) is 9.60. The van der Waals surface area contributed by atoms with E-state index in [4.69, 9.17) is 0 Å². The van der Waals surface area contributed by atoms with Crippen molar-refractivity contribution in [3.05, 3.63) is 95.6 Å². The highest BCUT2D eigenvalue weighted by Crippen LogP contribution is 2.28. The number of nitrogens with zero attached hydrogens (tertiary/aromatic N) is 1. The lowest BCUT2D eigenvalue weighted by atomic mass is 10.1. The molecule has 0 bridgehead atoms. The predicted molar refractivity (Wildman–Crippen MR) is 120 cm³/mol. The van der Waals surface area contributed by atoms with Crippen LogP contribution in [0.4, 0.5) is 20.2 Å². The number of hydrogen-bond donors (Lipinski definition) is 2. The fourth-order valence-corrected chi connectivity index (χ4v) is 3.69. The van der Waals surface area contributed by atoms with Gasteiger partial charge in [0.1, 0.15) is 11.6 Å². The molecule has 0 unspecified atom stereocenters. The Balaban J connectivity index is 1.42. The maximum Gasteiger partial charge on any atom is 0.253 e. The molecule has 0 aromatic heterocycles. The zero-order chi connectivity index (χ0) is 23.4. The zero-order valence-corrected chi connectivity index (χ0v) is 17.6. The van der Waals surface area contributed by atoms with Crippen LogP contribution in [0.3, 0.4) is 0 Å². The first-order chi connectivity index (χ1) is 15.9. The molecule has 1 aliphatic rings. The summed E-state index contributed by atoms with van der Waals surface area (Å²) in [6, 6.07) is 18.2. The molecule has 0 radical (unpaired) electrons. The Hall–Kier alpha value is -4.07. The molecule has 3 aromatic rings. The van der Waals surface area contributed by atoms with Gasteiger partial charge in [-0.3, -0.25) is 14.4 Å². The summed E-state index contributed by atoms with van der Waals surface area (Å²) >= 11 is 0. The van der Waals surface area contributed by atoms with Crippen molar-refractivity contribution in [2.75, 3.05) is 16.8 Å². The third-order valence-electron chi connectivity index (χ3n) is 5.43. The number of benzene rings is 3. The lowest BCUT2D eigenvalue weighted by molar-refractivity contribution is -0.122. The van der Waals surface area contributed by atoms with Gasteiger partial charge in [-0.05, 0) is 42.0 Å². The SMILES string of the molecule is O=C(NCc1ccc(F)cc1)c1ccccc1NC(=O)[C@@H]1CC(=O)N(c2ccccc2F)C1. The van der Waals surface area contributed by atoms with Crippen molar-refractivity contribution in [3.63, 3.8) is 0 Å². The molecule has 4 rings (SSSR count). The van der Waals surface area contributed by atoms with Crippen LogP contribution >= 0.6 is 0 Å². The Labute approximate surface area is 189 Å². The number of hydrogen-bond acceptors (Lipinski definition) is 3. The molecule has 2 N–H and O–H groups in total. The first kappa shape index (κ1) is 22.1. The fourth-order valence-electron chi connectivity index (χ4n) is 3.69. The summed E-state index contributed by atoms with van der Waals surface area (Å²) in [7, 11) is 0. The molecule has 0 spiro atoms. The summed E-state index contributed by atoms with van der Waals surface area (Å²) in [5, 5.41) is 5.47. The second-order valence-electron chi connectivity index (χ2n) is 7.70. The van der Waals surface area contributed by atoms with E-state index in [1.54, 1.807) is 42.5 Å². The van der Waals surface area contributed by atoms with Crippen LogP contribution in [0.2, 0.25) is 0 Å². The summed E-state index contributed by atoms with van der Waals surface area (Å²) in [6.45, 7) is 0.237. The van der Waals surface area contributed by atoms with Crippen LogP contribution < -0.4 is 15.5 Å². The Morgan fingerprint density at radius 2 is 1.64 bits per heavy atom. The average Bonchev–Trinajstić information content (AvgIpc) is 3.20. The van der Waals surface area contributed by atoms with Crippen molar-refractivity contribution in [2.24, 2.45) is 5.92 Å². The summed E-state index contributed by atoms with van der Waals surface area (Å²) in [5.74, 6) is -2.77. The lowest BCUT2D eigenvalue weighted by Gasteiger charge is -2.17. The van der Waals surface area contributed by atoms with Crippen LogP contribution in [0.25, 0.3) is 0 Å². The van der Waals surface area contributed by atoms with Gasteiger partial charge in [-0.1, -0.05) is 36.4 Å². The van der Waals surface area contributed by atoms with E-state index in [-0.39, 0.29) is 42.5 Å². The number of carbonyl (C=O) groups is 3. The molecule has 0 saturated carbocycles. The molecule has 8 heteroatoms. The van der Waals surface area contributed by atoms with Crippen molar-refractivity contribution >= 4 is 29.1 Å². The van der Waals surface area contributed by atoms with Crippen LogP contribution in [-0.2, 0) is 16.1 Å².